The number of nitrogens with one attached hydrogen (secondary N) is 2. The van der Waals surface area contributed by atoms with E-state index in [9.17, 15) is 4.79 Å². The zero-order valence-electron chi connectivity index (χ0n) is 15.4. The summed E-state index contributed by atoms with van der Waals surface area (Å²) in [6.45, 7) is 1.91. The number of fused-ring (bicyclic) bond motifs is 1. The van der Waals surface area contributed by atoms with E-state index in [-0.39, 0.29) is 5.91 Å². The SMILES string of the molecule is COc1c(C)cc(Br)cc1C(=O)Nc1cccc(-c2nc3ccccc3[nH]2)c1. The highest BCUT2D eigenvalue weighted by atomic mass is 79.9. The number of hydrogen-bond acceptors (Lipinski definition) is 3. The van der Waals surface area contributed by atoms with Crippen LogP contribution in [-0.4, -0.2) is 23.0 Å². The number of aromatic amines is 1. The average Bonchev–Trinajstić information content (AvgIpc) is 3.12. The third kappa shape index (κ3) is 3.51. The van der Waals surface area contributed by atoms with Gasteiger partial charge >= 0.3 is 0 Å². The van der Waals surface area contributed by atoms with Crippen molar-refractivity contribution in [3.63, 3.8) is 0 Å². The molecule has 0 aliphatic heterocycles. The number of carbonyl (C=O) groups excluding carboxylic acids is 1. The van der Waals surface area contributed by atoms with Crippen LogP contribution in [0, 0.1) is 6.92 Å². The Labute approximate surface area is 170 Å². The van der Waals surface area contributed by atoms with Gasteiger partial charge in [-0.2, -0.15) is 0 Å². The van der Waals surface area contributed by atoms with Crippen LogP contribution in [0.1, 0.15) is 15.9 Å². The predicted molar refractivity (Wildman–Crippen MR) is 115 cm³/mol. The number of ether oxygens (including phenoxy) is 1. The average molecular weight is 436 g/mol. The van der Waals surface area contributed by atoms with Crippen molar-refractivity contribution in [2.75, 3.05) is 12.4 Å². The fraction of sp³-hybridized carbons (Fsp3) is 0.0909. The lowest BCUT2D eigenvalue weighted by molar-refractivity contribution is 0.102. The van der Waals surface area contributed by atoms with Gasteiger partial charge in [-0.3, -0.25) is 4.79 Å². The molecule has 0 atom stereocenters. The van der Waals surface area contributed by atoms with E-state index in [1.54, 1.807) is 13.2 Å². The van der Waals surface area contributed by atoms with Gasteiger partial charge in [0.15, 0.2) is 0 Å². The monoisotopic (exact) mass is 435 g/mol. The number of aryl methyl sites for hydroxylation is 1. The van der Waals surface area contributed by atoms with Gasteiger partial charge < -0.3 is 15.0 Å². The van der Waals surface area contributed by atoms with Gasteiger partial charge in [-0.05, 0) is 48.9 Å². The minimum Gasteiger partial charge on any atom is -0.496 e. The maximum atomic E-state index is 12.9. The molecule has 0 fully saturated rings. The molecule has 0 saturated carbocycles. The molecule has 3 aromatic carbocycles. The fourth-order valence-electron chi connectivity index (χ4n) is 3.20. The predicted octanol–water partition coefficient (Wildman–Crippen LogP) is 5.56. The van der Waals surface area contributed by atoms with E-state index >= 15 is 0 Å². The number of nitrogens with zero attached hydrogens (tertiary/aromatic N) is 1. The number of carbonyl (C=O) groups is 1. The van der Waals surface area contributed by atoms with Gasteiger partial charge in [0.25, 0.3) is 5.91 Å². The lowest BCUT2D eigenvalue weighted by Gasteiger charge is -2.13. The summed E-state index contributed by atoms with van der Waals surface area (Å²) in [6.07, 6.45) is 0. The topological polar surface area (TPSA) is 67.0 Å². The van der Waals surface area contributed by atoms with E-state index in [4.69, 9.17) is 4.74 Å². The third-order valence-corrected chi connectivity index (χ3v) is 4.93. The van der Waals surface area contributed by atoms with E-state index in [1.165, 1.54) is 0 Å². The molecule has 6 heteroatoms. The molecule has 1 amide bonds. The molecule has 4 aromatic rings. The molecule has 0 unspecified atom stereocenters. The van der Waals surface area contributed by atoms with E-state index in [0.717, 1.165) is 32.5 Å². The van der Waals surface area contributed by atoms with Crippen molar-refractivity contribution in [2.45, 2.75) is 6.92 Å². The molecule has 0 spiro atoms. The quantitative estimate of drug-likeness (QED) is 0.440. The maximum Gasteiger partial charge on any atom is 0.259 e. The molecule has 4 rings (SSSR count). The Morgan fingerprint density at radius 2 is 1.93 bits per heavy atom. The number of aromatic nitrogens is 2. The van der Waals surface area contributed by atoms with Gasteiger partial charge in [0.1, 0.15) is 11.6 Å². The van der Waals surface area contributed by atoms with Crippen molar-refractivity contribution < 1.29 is 9.53 Å². The Bertz CT molecular complexity index is 1150. The van der Waals surface area contributed by atoms with Crippen molar-refractivity contribution in [3.8, 4) is 17.1 Å². The largest absolute Gasteiger partial charge is 0.496 e. The van der Waals surface area contributed by atoms with Crippen LogP contribution in [0.3, 0.4) is 0 Å². The van der Waals surface area contributed by atoms with Gasteiger partial charge in [0, 0.05) is 15.7 Å². The van der Waals surface area contributed by atoms with Crippen LogP contribution in [0.2, 0.25) is 0 Å². The highest BCUT2D eigenvalue weighted by Crippen LogP contribution is 2.29. The zero-order chi connectivity index (χ0) is 19.7. The lowest BCUT2D eigenvalue weighted by atomic mass is 10.1. The van der Waals surface area contributed by atoms with Crippen LogP contribution in [0.4, 0.5) is 5.69 Å². The number of anilines is 1. The Morgan fingerprint density at radius 1 is 1.11 bits per heavy atom. The van der Waals surface area contributed by atoms with Crippen LogP contribution in [-0.2, 0) is 0 Å². The van der Waals surface area contributed by atoms with Crippen molar-refractivity contribution in [3.05, 3.63) is 76.3 Å². The molecule has 2 N–H and O–H groups in total. The highest BCUT2D eigenvalue weighted by Gasteiger charge is 2.16. The summed E-state index contributed by atoms with van der Waals surface area (Å²) in [5, 5.41) is 2.95. The molecule has 0 aliphatic carbocycles. The number of methoxy groups -OCH3 is 1. The first-order valence-corrected chi connectivity index (χ1v) is 9.55. The summed E-state index contributed by atoms with van der Waals surface area (Å²) in [5.74, 6) is 1.09. The van der Waals surface area contributed by atoms with E-state index in [2.05, 4.69) is 31.2 Å². The molecular weight excluding hydrogens is 418 g/mol. The second-order valence-electron chi connectivity index (χ2n) is 6.44. The first-order valence-electron chi connectivity index (χ1n) is 8.76. The number of rotatable bonds is 4. The molecule has 140 valence electrons. The Balaban J connectivity index is 1.64. The first-order chi connectivity index (χ1) is 13.5. The molecule has 0 saturated heterocycles. The number of halogens is 1. The first kappa shape index (κ1) is 18.3. The summed E-state index contributed by atoms with van der Waals surface area (Å²) in [6, 6.07) is 19.1. The Hall–Kier alpha value is -3.12. The van der Waals surface area contributed by atoms with Crippen molar-refractivity contribution in [1.29, 1.82) is 0 Å². The molecule has 0 radical (unpaired) electrons. The second kappa shape index (κ2) is 7.48. The molecule has 1 aromatic heterocycles. The van der Waals surface area contributed by atoms with Gasteiger partial charge in [0.2, 0.25) is 0 Å². The van der Waals surface area contributed by atoms with Gasteiger partial charge in [0.05, 0.1) is 23.7 Å². The standard InChI is InChI=1S/C22H18BrN3O2/c1-13-10-15(23)12-17(20(13)28-2)22(27)24-16-7-5-6-14(11-16)21-25-18-8-3-4-9-19(18)26-21/h3-12H,1-2H3,(H,24,27)(H,25,26). The van der Waals surface area contributed by atoms with Crippen LogP contribution in [0.15, 0.2) is 65.1 Å². The molecule has 0 aliphatic rings. The van der Waals surface area contributed by atoms with Crippen molar-refractivity contribution in [2.24, 2.45) is 0 Å². The van der Waals surface area contributed by atoms with Gasteiger partial charge in [-0.25, -0.2) is 4.98 Å². The van der Waals surface area contributed by atoms with Crippen LogP contribution >= 0.6 is 15.9 Å². The van der Waals surface area contributed by atoms with Gasteiger partial charge in [-0.15, -0.1) is 0 Å². The minimum absolute atomic E-state index is 0.233. The fourth-order valence-corrected chi connectivity index (χ4v) is 3.77. The Morgan fingerprint density at radius 3 is 2.71 bits per heavy atom. The zero-order valence-corrected chi connectivity index (χ0v) is 17.0. The summed E-state index contributed by atoms with van der Waals surface area (Å²) in [7, 11) is 1.56. The van der Waals surface area contributed by atoms with E-state index < -0.39 is 0 Å². The third-order valence-electron chi connectivity index (χ3n) is 4.47. The Kier molecular flexibility index (Phi) is 4.88. The minimum atomic E-state index is -0.233. The molecule has 1 heterocycles. The summed E-state index contributed by atoms with van der Waals surface area (Å²) in [5.41, 5.74) is 4.82. The normalized spacial score (nSPS) is 10.8. The molecule has 28 heavy (non-hydrogen) atoms. The number of benzene rings is 3. The van der Waals surface area contributed by atoms with Crippen LogP contribution in [0.5, 0.6) is 5.75 Å². The van der Waals surface area contributed by atoms with Crippen molar-refractivity contribution in [1.82, 2.24) is 9.97 Å². The van der Waals surface area contributed by atoms with Crippen LogP contribution < -0.4 is 10.1 Å². The molecule has 5 nitrogen and oxygen atoms in total. The summed E-state index contributed by atoms with van der Waals surface area (Å²) < 4.78 is 6.25. The van der Waals surface area contributed by atoms with Gasteiger partial charge in [-0.1, -0.05) is 40.2 Å². The highest BCUT2D eigenvalue weighted by molar-refractivity contribution is 9.10. The number of H-pyrrole nitrogens is 1. The maximum absolute atomic E-state index is 12.9. The van der Waals surface area contributed by atoms with Crippen molar-refractivity contribution >= 4 is 38.6 Å². The smallest absolute Gasteiger partial charge is 0.259 e. The summed E-state index contributed by atoms with van der Waals surface area (Å²) >= 11 is 3.44. The number of amides is 1. The number of para-hydroxylation sites is 2. The number of hydrogen-bond donors (Lipinski definition) is 2. The summed E-state index contributed by atoms with van der Waals surface area (Å²) in [4.78, 5) is 20.8. The second-order valence-corrected chi connectivity index (χ2v) is 7.36. The number of imidazole rings is 1. The van der Waals surface area contributed by atoms with Crippen LogP contribution in [0.25, 0.3) is 22.4 Å². The van der Waals surface area contributed by atoms with E-state index in [1.807, 2.05) is 61.5 Å². The molecular formula is C22H18BrN3O2. The van der Waals surface area contributed by atoms with E-state index in [0.29, 0.717) is 17.0 Å². The lowest BCUT2D eigenvalue weighted by Crippen LogP contribution is -2.14. The molecule has 0 bridgehead atoms.